The van der Waals surface area contributed by atoms with Crippen LogP contribution in [0.4, 0.5) is 11.4 Å². The molecule has 0 aromatic heterocycles. The number of hydrogen-bond donors (Lipinski definition) is 1. The lowest BCUT2D eigenvalue weighted by Gasteiger charge is -2.42. The van der Waals surface area contributed by atoms with Crippen molar-refractivity contribution in [3.05, 3.63) is 65.1 Å². The van der Waals surface area contributed by atoms with E-state index in [1.165, 1.54) is 0 Å². The Bertz CT molecular complexity index is 1440. The van der Waals surface area contributed by atoms with Gasteiger partial charge in [0.15, 0.2) is 5.82 Å². The first-order valence-electron chi connectivity index (χ1n) is 14.8. The minimum Gasteiger partial charge on any atom is -0.495 e. The van der Waals surface area contributed by atoms with Crippen LogP contribution in [0.1, 0.15) is 40.5 Å². The number of piperazine rings is 1. The fourth-order valence-corrected chi connectivity index (χ4v) is 6.00. The molecule has 1 N–H and O–H groups in total. The molecule has 228 valence electrons. The number of ether oxygens (including phenoxy) is 1. The maximum absolute atomic E-state index is 13.4. The normalized spacial score (nSPS) is 19.3. The van der Waals surface area contributed by atoms with Crippen molar-refractivity contribution in [3.8, 4) is 5.75 Å². The monoisotopic (exact) mass is 586 g/mol. The van der Waals surface area contributed by atoms with E-state index in [1.807, 2.05) is 42.0 Å². The third-order valence-corrected chi connectivity index (χ3v) is 8.81. The van der Waals surface area contributed by atoms with Crippen molar-refractivity contribution in [2.75, 3.05) is 77.7 Å². The van der Waals surface area contributed by atoms with Crippen molar-refractivity contribution in [1.82, 2.24) is 19.6 Å². The Morgan fingerprint density at radius 2 is 1.67 bits per heavy atom. The second kappa shape index (κ2) is 13.0. The molecule has 5 rings (SSSR count). The molecule has 0 atom stereocenters. The number of benzene rings is 2. The summed E-state index contributed by atoms with van der Waals surface area (Å²) in [7, 11) is 7.33. The number of nitrogens with one attached hydrogen (secondary N) is 1. The predicted molar refractivity (Wildman–Crippen MR) is 171 cm³/mol. The number of guanidine groups is 1. The number of anilines is 2. The number of hydrogen-bond acceptors (Lipinski definition) is 7. The first-order valence-corrected chi connectivity index (χ1v) is 14.8. The third kappa shape index (κ3) is 6.28. The third-order valence-electron chi connectivity index (χ3n) is 8.81. The van der Waals surface area contributed by atoms with Crippen molar-refractivity contribution >= 4 is 35.9 Å². The van der Waals surface area contributed by atoms with Crippen LogP contribution in [0.3, 0.4) is 0 Å². The van der Waals surface area contributed by atoms with Crippen LogP contribution in [0, 0.1) is 0 Å². The number of methoxy groups -OCH3 is 1. The number of carbonyl (C=O) groups excluding carboxylic acids is 2. The molecule has 3 aliphatic heterocycles. The second-order valence-electron chi connectivity index (χ2n) is 11.3. The van der Waals surface area contributed by atoms with Gasteiger partial charge in [0.05, 0.1) is 29.7 Å². The van der Waals surface area contributed by atoms with E-state index in [0.717, 1.165) is 57.8 Å². The summed E-state index contributed by atoms with van der Waals surface area (Å²) in [6.45, 7) is 11.4. The highest BCUT2D eigenvalue weighted by Gasteiger charge is 2.30. The van der Waals surface area contributed by atoms with E-state index < -0.39 is 0 Å². The van der Waals surface area contributed by atoms with Gasteiger partial charge in [-0.25, -0.2) is 4.99 Å². The highest BCUT2D eigenvalue weighted by atomic mass is 16.5. The van der Waals surface area contributed by atoms with Gasteiger partial charge in [0.1, 0.15) is 5.75 Å². The van der Waals surface area contributed by atoms with Gasteiger partial charge in [-0.15, -0.1) is 0 Å². The van der Waals surface area contributed by atoms with Gasteiger partial charge in [0.2, 0.25) is 5.96 Å². The van der Waals surface area contributed by atoms with E-state index in [0.29, 0.717) is 40.1 Å². The molecule has 0 saturated carbocycles. The molecule has 11 nitrogen and oxygen atoms in total. The molecular weight excluding hydrogens is 544 g/mol. The van der Waals surface area contributed by atoms with Crippen molar-refractivity contribution in [1.29, 1.82) is 0 Å². The Labute approximate surface area is 254 Å². The number of likely N-dealkylation sites (N-methyl/N-ethyl adjacent to an activating group) is 1. The van der Waals surface area contributed by atoms with E-state index in [9.17, 15) is 9.59 Å². The Hall–Kier alpha value is -4.22. The lowest BCUT2D eigenvalue weighted by atomic mass is 10.0. The summed E-state index contributed by atoms with van der Waals surface area (Å²) in [5.74, 6) is 1.15. The van der Waals surface area contributed by atoms with Gasteiger partial charge in [0, 0.05) is 65.0 Å². The Morgan fingerprint density at radius 3 is 2.35 bits per heavy atom. The number of likely N-dealkylation sites (tertiary alicyclic amines) is 1. The van der Waals surface area contributed by atoms with E-state index in [2.05, 4.69) is 33.9 Å². The van der Waals surface area contributed by atoms with E-state index in [-0.39, 0.29) is 17.8 Å². The van der Waals surface area contributed by atoms with E-state index in [1.54, 1.807) is 43.3 Å². The molecule has 2 saturated heterocycles. The highest BCUT2D eigenvalue weighted by Crippen LogP contribution is 2.32. The Morgan fingerprint density at radius 1 is 0.977 bits per heavy atom. The van der Waals surface area contributed by atoms with Crippen LogP contribution >= 0.6 is 0 Å². The predicted octanol–water partition coefficient (Wildman–Crippen LogP) is 3.43. The summed E-state index contributed by atoms with van der Waals surface area (Å²) >= 11 is 0. The van der Waals surface area contributed by atoms with Gasteiger partial charge in [0.25, 0.3) is 11.8 Å². The molecular formula is C32H42N8O3. The lowest BCUT2D eigenvalue weighted by molar-refractivity contribution is 0.0518. The molecule has 11 heteroatoms. The minimum absolute atomic E-state index is 0.00430. The average Bonchev–Trinajstić information content (AvgIpc) is 3.11. The number of amides is 2. The molecule has 3 aliphatic rings. The van der Waals surface area contributed by atoms with Crippen LogP contribution in [-0.4, -0.2) is 118 Å². The molecule has 0 radical (unpaired) electrons. The summed E-state index contributed by atoms with van der Waals surface area (Å²) in [5.41, 5.74) is 3.16. The quantitative estimate of drug-likeness (QED) is 0.424. The van der Waals surface area contributed by atoms with Gasteiger partial charge < -0.3 is 29.7 Å². The van der Waals surface area contributed by atoms with Crippen molar-refractivity contribution < 1.29 is 14.3 Å². The fourth-order valence-electron chi connectivity index (χ4n) is 6.00. The number of allylic oxidation sites excluding steroid dienone is 1. The van der Waals surface area contributed by atoms with Crippen LogP contribution in [0.5, 0.6) is 5.75 Å². The molecule has 2 aromatic carbocycles. The van der Waals surface area contributed by atoms with Gasteiger partial charge in [-0.3, -0.25) is 14.5 Å². The van der Waals surface area contributed by atoms with Gasteiger partial charge in [-0.1, -0.05) is 12.1 Å². The molecule has 43 heavy (non-hydrogen) atoms. The van der Waals surface area contributed by atoms with Crippen molar-refractivity contribution in [2.45, 2.75) is 25.8 Å². The summed E-state index contributed by atoms with van der Waals surface area (Å²) in [5, 5.41) is 3.20. The van der Waals surface area contributed by atoms with Gasteiger partial charge in [-0.2, -0.15) is 4.99 Å². The zero-order valence-electron chi connectivity index (χ0n) is 25.8. The van der Waals surface area contributed by atoms with E-state index >= 15 is 0 Å². The molecule has 2 fully saturated rings. The number of rotatable bonds is 5. The summed E-state index contributed by atoms with van der Waals surface area (Å²) in [4.78, 5) is 45.7. The maximum atomic E-state index is 13.4. The average molecular weight is 587 g/mol. The smallest absolute Gasteiger partial charge is 0.259 e. The second-order valence-corrected chi connectivity index (χ2v) is 11.3. The molecule has 3 heterocycles. The molecule has 0 spiro atoms. The number of fused-ring (bicyclic) bond motifs is 1. The molecule has 2 aromatic rings. The minimum atomic E-state index is -0.114. The molecule has 0 unspecified atom stereocenters. The lowest BCUT2D eigenvalue weighted by Crippen LogP contribution is -2.52. The number of carbonyl (C=O) groups is 2. The SMILES string of the molecule is C=N/C(=N\C1=C(C)N(C)C(=O)c2ccccc2N1C)Nc1ccc(C(=O)N2CCC(N3CCN(C)CC3)CC2)cc1OC. The number of piperidine rings is 1. The van der Waals surface area contributed by atoms with Crippen LogP contribution in [0.25, 0.3) is 0 Å². The van der Waals surface area contributed by atoms with E-state index in [4.69, 9.17) is 9.73 Å². The first kappa shape index (κ1) is 30.2. The Balaban J connectivity index is 1.31. The molecule has 0 bridgehead atoms. The fraction of sp³-hybridized carbons (Fsp3) is 0.438. The maximum Gasteiger partial charge on any atom is 0.259 e. The Kier molecular flexibility index (Phi) is 9.12. The van der Waals surface area contributed by atoms with Crippen molar-refractivity contribution in [2.24, 2.45) is 9.98 Å². The first-order chi connectivity index (χ1) is 20.7. The zero-order valence-corrected chi connectivity index (χ0v) is 25.8. The number of para-hydroxylation sites is 1. The van der Waals surface area contributed by atoms with Crippen LogP contribution in [-0.2, 0) is 0 Å². The standard InChI is InChI=1S/C32H42N8O3/c1-22-29(38(5)27-10-8-7-9-25(27)31(42)37(22)4)35-32(33-2)34-26-12-11-23(21-28(26)43-6)30(41)40-15-13-24(14-16-40)39-19-17-36(3)18-20-39/h7-12,21,24H,2,13-20H2,1,3-6H3,(H,34,35). The van der Waals surface area contributed by atoms with Gasteiger partial charge in [-0.05, 0) is 63.9 Å². The number of nitrogens with zero attached hydrogens (tertiary/aromatic N) is 7. The van der Waals surface area contributed by atoms with Crippen LogP contribution in [0.15, 0.2) is 64.0 Å². The van der Waals surface area contributed by atoms with Crippen LogP contribution < -0.4 is 15.0 Å². The van der Waals surface area contributed by atoms with Crippen LogP contribution in [0.2, 0.25) is 0 Å². The topological polar surface area (TPSA) is 96.3 Å². The summed E-state index contributed by atoms with van der Waals surface area (Å²) < 4.78 is 5.67. The zero-order chi connectivity index (χ0) is 30.7. The molecule has 0 aliphatic carbocycles. The number of aliphatic imine (C=N–C) groups is 2. The van der Waals surface area contributed by atoms with Gasteiger partial charge >= 0.3 is 0 Å². The molecule has 2 amide bonds. The summed E-state index contributed by atoms with van der Waals surface area (Å²) in [6, 6.07) is 13.3. The summed E-state index contributed by atoms with van der Waals surface area (Å²) in [6.07, 6.45) is 1.98. The highest BCUT2D eigenvalue weighted by molar-refractivity contribution is 6.03. The van der Waals surface area contributed by atoms with Crippen molar-refractivity contribution in [3.63, 3.8) is 0 Å². The largest absolute Gasteiger partial charge is 0.495 e.